The van der Waals surface area contributed by atoms with E-state index < -0.39 is 0 Å². The summed E-state index contributed by atoms with van der Waals surface area (Å²) in [6.07, 6.45) is 7.29. The van der Waals surface area contributed by atoms with Gasteiger partial charge in [-0.2, -0.15) is 0 Å². The topological polar surface area (TPSA) is 42.2 Å². The average molecular weight is 243 g/mol. The minimum Gasteiger partial charge on any atom is -0.472 e. The van der Waals surface area contributed by atoms with Gasteiger partial charge in [0, 0.05) is 43.0 Å². The molecule has 0 saturated heterocycles. The molecule has 2 aromatic rings. The van der Waals surface area contributed by atoms with Crippen LogP contribution in [0, 0.1) is 6.92 Å². The largest absolute Gasteiger partial charge is 0.472 e. The van der Waals surface area contributed by atoms with Crippen LogP contribution < -0.4 is 0 Å². The summed E-state index contributed by atoms with van der Waals surface area (Å²) >= 11 is 0. The molecule has 3 heterocycles. The first-order chi connectivity index (χ1) is 8.83. The molecule has 94 valence electrons. The van der Waals surface area contributed by atoms with E-state index in [9.17, 15) is 0 Å². The van der Waals surface area contributed by atoms with E-state index in [4.69, 9.17) is 4.42 Å². The Morgan fingerprint density at radius 2 is 2.17 bits per heavy atom. The molecule has 0 unspecified atom stereocenters. The molecule has 1 aliphatic heterocycles. The third kappa shape index (κ3) is 2.29. The van der Waals surface area contributed by atoms with Crippen molar-refractivity contribution in [2.24, 2.45) is 0 Å². The third-order valence-electron chi connectivity index (χ3n) is 3.58. The average Bonchev–Trinajstić information content (AvgIpc) is 2.78. The first kappa shape index (κ1) is 11.4. The second-order valence-corrected chi connectivity index (χ2v) is 4.79. The van der Waals surface area contributed by atoms with Crippen molar-refractivity contribution in [2.75, 3.05) is 13.1 Å². The molecule has 18 heavy (non-hydrogen) atoms. The predicted octanol–water partition coefficient (Wildman–Crippen LogP) is 1.98. The fourth-order valence-electron chi connectivity index (χ4n) is 2.54. The lowest BCUT2D eigenvalue weighted by molar-refractivity contribution is 0.278. The van der Waals surface area contributed by atoms with E-state index in [0.29, 0.717) is 0 Å². The summed E-state index contributed by atoms with van der Waals surface area (Å²) in [4.78, 5) is 11.2. The van der Waals surface area contributed by atoms with Crippen molar-refractivity contribution in [1.29, 1.82) is 0 Å². The van der Waals surface area contributed by atoms with Crippen LogP contribution in [0.4, 0.5) is 0 Å². The molecular formula is C14H17N3O. The Balaban J connectivity index is 1.73. The molecule has 0 bridgehead atoms. The Bertz CT molecular complexity index is 522. The maximum absolute atomic E-state index is 5.12. The molecule has 0 amide bonds. The van der Waals surface area contributed by atoms with Crippen molar-refractivity contribution in [1.82, 2.24) is 14.9 Å². The van der Waals surface area contributed by atoms with Gasteiger partial charge in [0.25, 0.3) is 0 Å². The van der Waals surface area contributed by atoms with Gasteiger partial charge in [0.15, 0.2) is 0 Å². The van der Waals surface area contributed by atoms with Crippen molar-refractivity contribution >= 4 is 0 Å². The van der Waals surface area contributed by atoms with E-state index in [0.717, 1.165) is 38.2 Å². The summed E-state index contributed by atoms with van der Waals surface area (Å²) in [7, 11) is 0. The Labute approximate surface area is 107 Å². The maximum atomic E-state index is 5.12. The highest BCUT2D eigenvalue weighted by molar-refractivity contribution is 5.25. The lowest BCUT2D eigenvalue weighted by Gasteiger charge is -2.18. The first-order valence-electron chi connectivity index (χ1n) is 6.36. The number of nitrogens with zero attached hydrogens (tertiary/aromatic N) is 3. The van der Waals surface area contributed by atoms with Crippen molar-refractivity contribution < 1.29 is 4.42 Å². The predicted molar refractivity (Wildman–Crippen MR) is 68.2 cm³/mol. The molecular weight excluding hydrogens is 226 g/mol. The van der Waals surface area contributed by atoms with Gasteiger partial charge >= 0.3 is 0 Å². The van der Waals surface area contributed by atoms with Crippen molar-refractivity contribution in [3.05, 3.63) is 47.4 Å². The van der Waals surface area contributed by atoms with E-state index in [-0.39, 0.29) is 0 Å². The highest BCUT2D eigenvalue weighted by Crippen LogP contribution is 2.17. The van der Waals surface area contributed by atoms with Gasteiger partial charge in [-0.05, 0) is 25.0 Å². The summed E-state index contributed by atoms with van der Waals surface area (Å²) in [6, 6.07) is 2.03. The van der Waals surface area contributed by atoms with Crippen molar-refractivity contribution in [3.63, 3.8) is 0 Å². The Morgan fingerprint density at radius 3 is 3.00 bits per heavy atom. The Morgan fingerprint density at radius 1 is 1.28 bits per heavy atom. The molecule has 0 spiro atoms. The molecule has 0 saturated carbocycles. The van der Waals surface area contributed by atoms with Gasteiger partial charge in [0.1, 0.15) is 6.33 Å². The maximum Gasteiger partial charge on any atom is 0.115 e. The van der Waals surface area contributed by atoms with Gasteiger partial charge in [-0.1, -0.05) is 0 Å². The quantitative estimate of drug-likeness (QED) is 0.809. The van der Waals surface area contributed by atoms with Crippen molar-refractivity contribution in [2.45, 2.75) is 26.3 Å². The summed E-state index contributed by atoms with van der Waals surface area (Å²) in [5, 5.41) is 0. The van der Waals surface area contributed by atoms with Crippen LogP contribution in [-0.4, -0.2) is 28.0 Å². The van der Waals surface area contributed by atoms with E-state index in [1.807, 2.05) is 12.3 Å². The zero-order valence-electron chi connectivity index (χ0n) is 10.6. The molecule has 2 aromatic heterocycles. The minimum atomic E-state index is 0.955. The second kappa shape index (κ2) is 4.90. The van der Waals surface area contributed by atoms with Crippen LogP contribution in [0.15, 0.2) is 29.3 Å². The number of aromatic nitrogens is 2. The molecule has 0 fully saturated rings. The van der Waals surface area contributed by atoms with Crippen LogP contribution in [0.2, 0.25) is 0 Å². The first-order valence-corrected chi connectivity index (χ1v) is 6.36. The molecule has 4 nitrogen and oxygen atoms in total. The van der Waals surface area contributed by atoms with Gasteiger partial charge in [0.2, 0.25) is 0 Å². The summed E-state index contributed by atoms with van der Waals surface area (Å²) in [5.74, 6) is 0. The molecule has 0 radical (unpaired) electrons. The lowest BCUT2D eigenvalue weighted by atomic mass is 10.1. The SMILES string of the molecule is Cc1ncnc2c1CCN(Cc1ccoc1)CC2. The third-order valence-corrected chi connectivity index (χ3v) is 3.58. The minimum absolute atomic E-state index is 0.955. The Kier molecular flexibility index (Phi) is 3.11. The van der Waals surface area contributed by atoms with Gasteiger partial charge in [-0.3, -0.25) is 4.90 Å². The summed E-state index contributed by atoms with van der Waals surface area (Å²) in [6.45, 7) is 5.14. The molecule has 0 N–H and O–H groups in total. The summed E-state index contributed by atoms with van der Waals surface area (Å²) in [5.41, 5.74) is 4.93. The monoisotopic (exact) mass is 243 g/mol. The van der Waals surface area contributed by atoms with E-state index >= 15 is 0 Å². The number of furan rings is 1. The number of rotatable bonds is 2. The normalized spacial score (nSPS) is 16.3. The van der Waals surface area contributed by atoms with Gasteiger partial charge in [0.05, 0.1) is 12.5 Å². The lowest BCUT2D eigenvalue weighted by Crippen LogP contribution is -2.25. The van der Waals surface area contributed by atoms with Gasteiger partial charge < -0.3 is 4.42 Å². The van der Waals surface area contributed by atoms with Gasteiger partial charge in [-0.25, -0.2) is 9.97 Å². The van der Waals surface area contributed by atoms with Gasteiger partial charge in [-0.15, -0.1) is 0 Å². The molecule has 1 aliphatic rings. The van der Waals surface area contributed by atoms with Crippen LogP contribution in [-0.2, 0) is 19.4 Å². The smallest absolute Gasteiger partial charge is 0.115 e. The number of fused-ring (bicyclic) bond motifs is 1. The summed E-state index contributed by atoms with van der Waals surface area (Å²) < 4.78 is 5.12. The van der Waals surface area contributed by atoms with Crippen LogP contribution in [0.5, 0.6) is 0 Å². The van der Waals surface area contributed by atoms with Crippen LogP contribution in [0.3, 0.4) is 0 Å². The standard InChI is InChI=1S/C14H17N3O/c1-11-13-2-5-17(8-12-4-7-18-9-12)6-3-14(13)16-10-15-11/h4,7,9-10H,2-3,5-6,8H2,1H3. The molecule has 3 rings (SSSR count). The fourth-order valence-corrected chi connectivity index (χ4v) is 2.54. The molecule has 4 heteroatoms. The Hall–Kier alpha value is -1.68. The second-order valence-electron chi connectivity index (χ2n) is 4.79. The van der Waals surface area contributed by atoms with E-state index in [2.05, 4.69) is 21.8 Å². The zero-order chi connectivity index (χ0) is 12.4. The number of aryl methyl sites for hydroxylation is 1. The number of hydrogen-bond acceptors (Lipinski definition) is 4. The van der Waals surface area contributed by atoms with Crippen molar-refractivity contribution in [3.8, 4) is 0 Å². The number of hydrogen-bond donors (Lipinski definition) is 0. The van der Waals surface area contributed by atoms with E-state index in [1.54, 1.807) is 12.6 Å². The van der Waals surface area contributed by atoms with E-state index in [1.165, 1.54) is 16.8 Å². The van der Waals surface area contributed by atoms with Crippen LogP contribution >= 0.6 is 0 Å². The van der Waals surface area contributed by atoms with Crippen LogP contribution in [0.25, 0.3) is 0 Å². The highest BCUT2D eigenvalue weighted by Gasteiger charge is 2.17. The van der Waals surface area contributed by atoms with Crippen LogP contribution in [0.1, 0.15) is 22.5 Å². The molecule has 0 atom stereocenters. The molecule has 0 aliphatic carbocycles. The fraction of sp³-hybridized carbons (Fsp3) is 0.429. The zero-order valence-corrected chi connectivity index (χ0v) is 10.6. The molecule has 0 aromatic carbocycles. The highest BCUT2D eigenvalue weighted by atomic mass is 16.3.